The minimum Gasteiger partial charge on any atom is -0.481 e. The van der Waals surface area contributed by atoms with E-state index < -0.39 is 11.6 Å². The second-order valence-corrected chi connectivity index (χ2v) is 5.43. The first-order chi connectivity index (χ1) is 12.5. The van der Waals surface area contributed by atoms with Crippen LogP contribution in [0.3, 0.4) is 0 Å². The van der Waals surface area contributed by atoms with Crippen molar-refractivity contribution in [3.05, 3.63) is 59.2 Å². The molecule has 0 saturated heterocycles. The van der Waals surface area contributed by atoms with E-state index in [2.05, 4.69) is 10.1 Å². The van der Waals surface area contributed by atoms with E-state index in [1.807, 2.05) is 0 Å². The van der Waals surface area contributed by atoms with E-state index in [9.17, 15) is 9.18 Å². The Labute approximate surface area is 148 Å². The summed E-state index contributed by atoms with van der Waals surface area (Å²) in [5, 5.41) is 4.23. The number of halogens is 1. The maximum atomic E-state index is 13.3. The molecule has 1 aromatic carbocycles. The van der Waals surface area contributed by atoms with Gasteiger partial charge in [-0.3, -0.25) is 4.79 Å². The fraction of sp³-hybridized carbons (Fsp3) is 0.167. The van der Waals surface area contributed by atoms with Crippen molar-refractivity contribution in [2.45, 2.75) is 6.92 Å². The third-order valence-corrected chi connectivity index (χ3v) is 3.71. The number of aryl methyl sites for hydroxylation is 1. The number of aromatic nitrogens is 1. The van der Waals surface area contributed by atoms with Gasteiger partial charge in [-0.05, 0) is 31.2 Å². The Hall–Kier alpha value is -3.42. The van der Waals surface area contributed by atoms with Gasteiger partial charge in [0.05, 0.1) is 7.11 Å². The number of nitrogens with zero attached hydrogens (tertiary/aromatic N) is 2. The molecule has 0 atom stereocenters. The number of pyridine rings is 1. The molecule has 0 unspecified atom stereocenters. The highest BCUT2D eigenvalue weighted by atomic mass is 19.1. The second-order valence-electron chi connectivity index (χ2n) is 5.43. The first kappa shape index (κ1) is 17.4. The van der Waals surface area contributed by atoms with Crippen LogP contribution in [0, 0.1) is 12.7 Å². The van der Waals surface area contributed by atoms with Crippen molar-refractivity contribution in [2.24, 2.45) is 10.9 Å². The van der Waals surface area contributed by atoms with Crippen molar-refractivity contribution >= 4 is 22.6 Å². The van der Waals surface area contributed by atoms with Crippen LogP contribution in [0.2, 0.25) is 0 Å². The smallest absolute Gasteiger partial charge is 0.238 e. The van der Waals surface area contributed by atoms with Gasteiger partial charge in [-0.25, -0.2) is 9.37 Å². The SMILES string of the molecule is COc1cccc(C(N)=NOCC(=O)c2oc3ccc(F)cc3c2C)n1. The molecule has 0 aliphatic heterocycles. The van der Waals surface area contributed by atoms with Crippen molar-refractivity contribution in [2.75, 3.05) is 13.7 Å². The summed E-state index contributed by atoms with van der Waals surface area (Å²) in [6.07, 6.45) is 0. The van der Waals surface area contributed by atoms with Crippen LogP contribution in [0.25, 0.3) is 11.0 Å². The number of hydrogen-bond donors (Lipinski definition) is 1. The van der Waals surface area contributed by atoms with Crippen LogP contribution in [-0.4, -0.2) is 30.3 Å². The minimum atomic E-state index is -0.436. The van der Waals surface area contributed by atoms with Gasteiger partial charge in [0.15, 0.2) is 18.2 Å². The summed E-state index contributed by atoms with van der Waals surface area (Å²) >= 11 is 0. The van der Waals surface area contributed by atoms with Crippen molar-refractivity contribution < 1.29 is 23.2 Å². The monoisotopic (exact) mass is 357 g/mol. The molecule has 3 rings (SSSR count). The fourth-order valence-electron chi connectivity index (χ4n) is 2.40. The van der Waals surface area contributed by atoms with Gasteiger partial charge in [0.1, 0.15) is 17.1 Å². The molecule has 8 heteroatoms. The predicted octanol–water partition coefficient (Wildman–Crippen LogP) is 2.80. The lowest BCUT2D eigenvalue weighted by atomic mass is 10.1. The number of ketones is 1. The zero-order valence-corrected chi connectivity index (χ0v) is 14.2. The van der Waals surface area contributed by atoms with Crippen LogP contribution in [0.15, 0.2) is 46.0 Å². The predicted molar refractivity (Wildman–Crippen MR) is 92.7 cm³/mol. The van der Waals surface area contributed by atoms with Crippen molar-refractivity contribution in [1.29, 1.82) is 0 Å². The number of amidine groups is 1. The Morgan fingerprint density at radius 3 is 2.92 bits per heavy atom. The molecule has 7 nitrogen and oxygen atoms in total. The molecule has 0 spiro atoms. The average molecular weight is 357 g/mol. The maximum Gasteiger partial charge on any atom is 0.238 e. The molecule has 2 N–H and O–H groups in total. The summed E-state index contributed by atoms with van der Waals surface area (Å²) in [5.41, 5.74) is 7.10. The van der Waals surface area contributed by atoms with Gasteiger partial charge >= 0.3 is 0 Å². The molecule has 0 amide bonds. The summed E-state index contributed by atoms with van der Waals surface area (Å²) < 4.78 is 23.8. The molecule has 134 valence electrons. The number of oxime groups is 1. The molecular weight excluding hydrogens is 341 g/mol. The van der Waals surface area contributed by atoms with Gasteiger partial charge in [0, 0.05) is 17.0 Å². The third-order valence-electron chi connectivity index (χ3n) is 3.71. The van der Waals surface area contributed by atoms with Crippen LogP contribution >= 0.6 is 0 Å². The zero-order valence-electron chi connectivity index (χ0n) is 14.2. The highest BCUT2D eigenvalue weighted by molar-refractivity contribution is 6.01. The first-order valence-corrected chi connectivity index (χ1v) is 7.68. The first-order valence-electron chi connectivity index (χ1n) is 7.68. The Balaban J connectivity index is 1.71. The van der Waals surface area contributed by atoms with Crippen LogP contribution in [0.5, 0.6) is 5.88 Å². The lowest BCUT2D eigenvalue weighted by molar-refractivity contribution is 0.0749. The number of methoxy groups -OCH3 is 1. The van der Waals surface area contributed by atoms with E-state index in [4.69, 9.17) is 19.7 Å². The summed E-state index contributed by atoms with van der Waals surface area (Å²) in [7, 11) is 1.48. The summed E-state index contributed by atoms with van der Waals surface area (Å²) in [6.45, 7) is 1.30. The van der Waals surface area contributed by atoms with E-state index in [-0.39, 0.29) is 18.2 Å². The maximum absolute atomic E-state index is 13.3. The topological polar surface area (TPSA) is 99.9 Å². The summed E-state index contributed by atoms with van der Waals surface area (Å²) in [4.78, 5) is 21.4. The van der Waals surface area contributed by atoms with Crippen LogP contribution in [0.4, 0.5) is 4.39 Å². The molecule has 26 heavy (non-hydrogen) atoms. The summed E-state index contributed by atoms with van der Waals surface area (Å²) in [5.74, 6) is -0.366. The largest absolute Gasteiger partial charge is 0.481 e. The highest BCUT2D eigenvalue weighted by Gasteiger charge is 2.18. The lowest BCUT2D eigenvalue weighted by Gasteiger charge is -2.03. The Morgan fingerprint density at radius 2 is 2.15 bits per heavy atom. The number of hydrogen-bond acceptors (Lipinski definition) is 6. The number of Topliss-reactive ketones (excluding diaryl/α,β-unsaturated/α-hetero) is 1. The number of rotatable bonds is 6. The van der Waals surface area contributed by atoms with E-state index in [1.54, 1.807) is 25.1 Å². The fourth-order valence-corrected chi connectivity index (χ4v) is 2.40. The number of benzene rings is 1. The number of carbonyl (C=O) groups is 1. The highest BCUT2D eigenvalue weighted by Crippen LogP contribution is 2.26. The van der Waals surface area contributed by atoms with E-state index in [0.29, 0.717) is 28.1 Å². The molecule has 0 radical (unpaired) electrons. The number of ether oxygens (including phenoxy) is 1. The lowest BCUT2D eigenvalue weighted by Crippen LogP contribution is -2.17. The zero-order chi connectivity index (χ0) is 18.7. The molecule has 0 saturated carbocycles. The van der Waals surface area contributed by atoms with Gasteiger partial charge < -0.3 is 19.7 Å². The van der Waals surface area contributed by atoms with Crippen LogP contribution < -0.4 is 10.5 Å². The molecule has 0 fully saturated rings. The van der Waals surface area contributed by atoms with Gasteiger partial charge in [-0.1, -0.05) is 11.2 Å². The van der Waals surface area contributed by atoms with Gasteiger partial charge in [-0.2, -0.15) is 0 Å². The standard InChI is InChI=1S/C18H16FN3O4/c1-10-12-8-11(19)6-7-15(12)26-17(10)14(23)9-25-22-18(20)13-4-3-5-16(21-13)24-2/h3-8H,9H2,1-2H3,(H2,20,22). The van der Waals surface area contributed by atoms with Gasteiger partial charge in [-0.15, -0.1) is 0 Å². The number of nitrogens with two attached hydrogens (primary N) is 1. The molecule has 0 aliphatic carbocycles. The van der Waals surface area contributed by atoms with Gasteiger partial charge in [0.2, 0.25) is 11.7 Å². The van der Waals surface area contributed by atoms with E-state index >= 15 is 0 Å². The summed E-state index contributed by atoms with van der Waals surface area (Å²) in [6, 6.07) is 9.04. The van der Waals surface area contributed by atoms with Crippen LogP contribution in [-0.2, 0) is 4.84 Å². The number of fused-ring (bicyclic) bond motifs is 1. The average Bonchev–Trinajstić information content (AvgIpc) is 2.98. The van der Waals surface area contributed by atoms with Crippen molar-refractivity contribution in [3.63, 3.8) is 0 Å². The van der Waals surface area contributed by atoms with Crippen LogP contribution in [0.1, 0.15) is 21.8 Å². The Morgan fingerprint density at radius 1 is 1.35 bits per heavy atom. The van der Waals surface area contributed by atoms with Crippen molar-refractivity contribution in [3.8, 4) is 5.88 Å². The molecular formula is C18H16FN3O4. The quantitative estimate of drug-likeness (QED) is 0.315. The third kappa shape index (κ3) is 3.49. The molecule has 0 bridgehead atoms. The van der Waals surface area contributed by atoms with E-state index in [1.165, 1.54) is 25.3 Å². The van der Waals surface area contributed by atoms with Crippen molar-refractivity contribution in [1.82, 2.24) is 4.98 Å². The Kier molecular flexibility index (Phi) is 4.83. The van der Waals surface area contributed by atoms with E-state index in [0.717, 1.165) is 0 Å². The molecule has 2 heterocycles. The Bertz CT molecular complexity index is 997. The van der Waals surface area contributed by atoms with Gasteiger partial charge in [0.25, 0.3) is 0 Å². The number of carbonyl (C=O) groups excluding carboxylic acids is 1. The normalized spacial score (nSPS) is 11.6. The second kappa shape index (κ2) is 7.22. The molecule has 0 aliphatic rings. The minimum absolute atomic E-state index is 0.0000917. The molecule has 3 aromatic rings. The molecule has 2 aromatic heterocycles. The number of furan rings is 1.